The van der Waals surface area contributed by atoms with Crippen LogP contribution in [0.4, 0.5) is 10.1 Å². The summed E-state index contributed by atoms with van der Waals surface area (Å²) in [5, 5.41) is 0. The van der Waals surface area contributed by atoms with Gasteiger partial charge in [0.05, 0.1) is 16.7 Å². The molecule has 0 bridgehead atoms. The summed E-state index contributed by atoms with van der Waals surface area (Å²) in [6.07, 6.45) is 1.27. The van der Waals surface area contributed by atoms with Crippen molar-refractivity contribution >= 4 is 15.7 Å². The van der Waals surface area contributed by atoms with Gasteiger partial charge in [0.25, 0.3) is 0 Å². The summed E-state index contributed by atoms with van der Waals surface area (Å²) >= 11 is 0. The van der Waals surface area contributed by atoms with Crippen molar-refractivity contribution in [1.82, 2.24) is 4.72 Å². The zero-order valence-corrected chi connectivity index (χ0v) is 11.4. The molecule has 5 nitrogen and oxygen atoms in total. The molecule has 19 heavy (non-hydrogen) atoms. The number of rotatable bonds is 3. The lowest BCUT2D eigenvalue weighted by atomic mass is 10.1. The summed E-state index contributed by atoms with van der Waals surface area (Å²) in [5.41, 5.74) is 5.21. The van der Waals surface area contributed by atoms with Gasteiger partial charge in [0.15, 0.2) is 0 Å². The van der Waals surface area contributed by atoms with E-state index in [9.17, 15) is 12.8 Å². The van der Waals surface area contributed by atoms with E-state index in [0.717, 1.165) is 12.1 Å². The van der Waals surface area contributed by atoms with Gasteiger partial charge < -0.3 is 10.5 Å². The number of sulfonamides is 1. The van der Waals surface area contributed by atoms with Crippen LogP contribution in [0.5, 0.6) is 0 Å². The minimum atomic E-state index is -3.67. The quantitative estimate of drug-likeness (QED) is 0.820. The maximum atomic E-state index is 13.0. The normalized spacial score (nSPS) is 24.3. The second-order valence-electron chi connectivity index (χ2n) is 4.71. The predicted octanol–water partition coefficient (Wildman–Crippen LogP) is 1.25. The van der Waals surface area contributed by atoms with Gasteiger partial charge in [-0.25, -0.2) is 17.5 Å². The first-order valence-electron chi connectivity index (χ1n) is 6.07. The van der Waals surface area contributed by atoms with E-state index >= 15 is 0 Å². The van der Waals surface area contributed by atoms with Gasteiger partial charge in [0, 0.05) is 12.6 Å². The first-order valence-corrected chi connectivity index (χ1v) is 7.56. The molecule has 0 amide bonds. The summed E-state index contributed by atoms with van der Waals surface area (Å²) < 4.78 is 45.3. The number of halogens is 1. The van der Waals surface area contributed by atoms with Crippen LogP contribution >= 0.6 is 0 Å². The van der Waals surface area contributed by atoms with Crippen molar-refractivity contribution < 1.29 is 17.5 Å². The summed E-state index contributed by atoms with van der Waals surface area (Å²) in [6.45, 7) is 2.43. The van der Waals surface area contributed by atoms with E-state index in [4.69, 9.17) is 10.5 Å². The SMILES string of the molecule is CC1CC(NS(=O)(=O)c2ccc(F)c(N)c2)CCO1. The number of anilines is 1. The molecule has 1 saturated heterocycles. The van der Waals surface area contributed by atoms with Crippen LogP contribution in [0.3, 0.4) is 0 Å². The Morgan fingerprint density at radius 3 is 2.84 bits per heavy atom. The highest BCUT2D eigenvalue weighted by Gasteiger charge is 2.25. The third-order valence-electron chi connectivity index (χ3n) is 3.08. The molecule has 3 N–H and O–H groups in total. The lowest BCUT2D eigenvalue weighted by Crippen LogP contribution is -2.41. The number of hydrogen-bond donors (Lipinski definition) is 2. The molecule has 7 heteroatoms. The monoisotopic (exact) mass is 288 g/mol. The molecule has 2 unspecified atom stereocenters. The summed E-state index contributed by atoms with van der Waals surface area (Å²) in [5.74, 6) is -0.626. The molecule has 2 atom stereocenters. The number of nitrogens with two attached hydrogens (primary N) is 1. The van der Waals surface area contributed by atoms with Gasteiger partial charge in [0.1, 0.15) is 5.82 Å². The Kier molecular flexibility index (Phi) is 4.07. The number of nitrogen functional groups attached to an aromatic ring is 1. The van der Waals surface area contributed by atoms with Crippen molar-refractivity contribution in [2.45, 2.75) is 36.8 Å². The minimum Gasteiger partial charge on any atom is -0.396 e. The van der Waals surface area contributed by atoms with E-state index in [1.165, 1.54) is 6.07 Å². The first-order chi connectivity index (χ1) is 8.88. The molecule has 106 valence electrons. The molecule has 1 aliphatic rings. The smallest absolute Gasteiger partial charge is 0.240 e. The Hall–Kier alpha value is -1.18. The average molecular weight is 288 g/mol. The fourth-order valence-corrected chi connectivity index (χ4v) is 3.40. The number of nitrogens with one attached hydrogen (secondary N) is 1. The molecule has 0 spiro atoms. The van der Waals surface area contributed by atoms with Gasteiger partial charge in [-0.2, -0.15) is 0 Å². The van der Waals surface area contributed by atoms with Gasteiger partial charge in [-0.05, 0) is 38.0 Å². The van der Waals surface area contributed by atoms with Crippen molar-refractivity contribution in [3.05, 3.63) is 24.0 Å². The molecule has 1 aromatic rings. The van der Waals surface area contributed by atoms with Gasteiger partial charge in [-0.3, -0.25) is 0 Å². The fourth-order valence-electron chi connectivity index (χ4n) is 2.08. The Morgan fingerprint density at radius 1 is 1.47 bits per heavy atom. The van der Waals surface area contributed by atoms with Gasteiger partial charge in [-0.15, -0.1) is 0 Å². The molecule has 1 heterocycles. The Labute approximate surface area is 112 Å². The van der Waals surface area contributed by atoms with E-state index in [0.29, 0.717) is 19.4 Å². The molecule has 1 aliphatic heterocycles. The fraction of sp³-hybridized carbons (Fsp3) is 0.500. The van der Waals surface area contributed by atoms with Gasteiger partial charge in [0.2, 0.25) is 10.0 Å². The highest BCUT2D eigenvalue weighted by molar-refractivity contribution is 7.89. The highest BCUT2D eigenvalue weighted by Crippen LogP contribution is 2.19. The Morgan fingerprint density at radius 2 is 2.21 bits per heavy atom. The van der Waals surface area contributed by atoms with Gasteiger partial charge >= 0.3 is 0 Å². The van der Waals surface area contributed by atoms with Crippen molar-refractivity contribution in [2.75, 3.05) is 12.3 Å². The molecule has 0 aromatic heterocycles. The van der Waals surface area contributed by atoms with Crippen LogP contribution in [-0.4, -0.2) is 27.2 Å². The molecule has 1 fully saturated rings. The van der Waals surface area contributed by atoms with E-state index < -0.39 is 15.8 Å². The van der Waals surface area contributed by atoms with Crippen LogP contribution in [0.15, 0.2) is 23.1 Å². The second kappa shape index (κ2) is 5.44. The molecule has 2 rings (SSSR count). The van der Waals surface area contributed by atoms with Crippen molar-refractivity contribution in [2.24, 2.45) is 0 Å². The van der Waals surface area contributed by atoms with Crippen LogP contribution < -0.4 is 10.5 Å². The molecule has 0 radical (unpaired) electrons. The van der Waals surface area contributed by atoms with E-state index in [2.05, 4.69) is 4.72 Å². The second-order valence-corrected chi connectivity index (χ2v) is 6.42. The molecule has 1 aromatic carbocycles. The van der Waals surface area contributed by atoms with Crippen molar-refractivity contribution in [3.8, 4) is 0 Å². The van der Waals surface area contributed by atoms with Crippen LogP contribution in [0.2, 0.25) is 0 Å². The third-order valence-corrected chi connectivity index (χ3v) is 4.60. The van der Waals surface area contributed by atoms with E-state index in [1.54, 1.807) is 0 Å². The largest absolute Gasteiger partial charge is 0.396 e. The zero-order chi connectivity index (χ0) is 14.0. The number of ether oxygens (including phenoxy) is 1. The zero-order valence-electron chi connectivity index (χ0n) is 10.6. The number of hydrogen-bond acceptors (Lipinski definition) is 4. The molecular formula is C12H17FN2O3S. The molecule has 0 aliphatic carbocycles. The van der Waals surface area contributed by atoms with Crippen molar-refractivity contribution in [1.29, 1.82) is 0 Å². The summed E-state index contributed by atoms with van der Waals surface area (Å²) in [6, 6.07) is 3.22. The van der Waals surface area contributed by atoms with E-state index in [1.807, 2.05) is 6.92 Å². The minimum absolute atomic E-state index is 0.0226. The van der Waals surface area contributed by atoms with Crippen LogP contribution in [0, 0.1) is 5.82 Å². The lowest BCUT2D eigenvalue weighted by molar-refractivity contribution is 0.0173. The molecular weight excluding hydrogens is 271 g/mol. The summed E-state index contributed by atoms with van der Waals surface area (Å²) in [4.78, 5) is -0.0226. The maximum Gasteiger partial charge on any atom is 0.240 e. The lowest BCUT2D eigenvalue weighted by Gasteiger charge is -2.27. The third kappa shape index (κ3) is 3.43. The van der Waals surface area contributed by atoms with Crippen LogP contribution in [0.1, 0.15) is 19.8 Å². The molecule has 0 saturated carbocycles. The Bertz CT molecular complexity index is 562. The maximum absolute atomic E-state index is 13.0. The average Bonchev–Trinajstić information content (AvgIpc) is 2.32. The topological polar surface area (TPSA) is 81.4 Å². The van der Waals surface area contributed by atoms with Gasteiger partial charge in [-0.1, -0.05) is 0 Å². The standard InChI is InChI=1S/C12H17FN2O3S/c1-8-6-9(4-5-18-8)15-19(16,17)10-2-3-11(13)12(14)7-10/h2-3,7-9,15H,4-6,14H2,1H3. The number of benzene rings is 1. The highest BCUT2D eigenvalue weighted by atomic mass is 32.2. The van der Waals surface area contributed by atoms with Crippen LogP contribution in [0.25, 0.3) is 0 Å². The van der Waals surface area contributed by atoms with Crippen molar-refractivity contribution in [3.63, 3.8) is 0 Å². The first kappa shape index (κ1) is 14.2. The Balaban J connectivity index is 2.15. The summed E-state index contributed by atoms with van der Waals surface area (Å²) in [7, 11) is -3.67. The van der Waals surface area contributed by atoms with Crippen LogP contribution in [-0.2, 0) is 14.8 Å². The predicted molar refractivity (Wildman–Crippen MR) is 69.6 cm³/mol. The van der Waals surface area contributed by atoms with E-state index in [-0.39, 0.29) is 22.7 Å².